The standard InChI is InChI=1S/C29H36N6O10/c1-14(9-15-5-7-16(8-6-15)43-29-23(40)22(39)24(45-29)18(11-37)42-4)27(41)33-19-17(10-36)44-28(21(19)38)35-13-32-20-25(34(2)3)30-12-31-26(20)35/h5-9,12-13,17,19,21-23,28-29,36-40H,10-11H2,1-4H3,(H,33,41)/b14-9+,24-18+. The van der Waals surface area contributed by atoms with Crippen molar-refractivity contribution in [1.82, 2.24) is 24.8 Å². The van der Waals surface area contributed by atoms with E-state index in [1.807, 2.05) is 14.1 Å². The number of benzene rings is 1. The van der Waals surface area contributed by atoms with E-state index in [0.717, 1.165) is 0 Å². The zero-order chi connectivity index (χ0) is 32.4. The number of aromatic nitrogens is 4. The molecule has 2 aliphatic rings. The van der Waals surface area contributed by atoms with Crippen LogP contribution in [0.15, 0.2) is 54.0 Å². The second-order valence-electron chi connectivity index (χ2n) is 10.7. The third-order valence-electron chi connectivity index (χ3n) is 7.54. The summed E-state index contributed by atoms with van der Waals surface area (Å²) in [6.07, 6.45) is -2.73. The predicted octanol–water partition coefficient (Wildman–Crippen LogP) is -0.962. The average molecular weight is 629 g/mol. The van der Waals surface area contributed by atoms with E-state index in [1.54, 1.807) is 46.7 Å². The topological polar surface area (TPSA) is 214 Å². The van der Waals surface area contributed by atoms with E-state index in [-0.39, 0.29) is 11.5 Å². The molecule has 1 amide bonds. The van der Waals surface area contributed by atoms with E-state index in [4.69, 9.17) is 18.9 Å². The number of aliphatic hydroxyl groups is 5. The van der Waals surface area contributed by atoms with Crippen molar-refractivity contribution in [2.45, 2.75) is 49.9 Å². The van der Waals surface area contributed by atoms with Gasteiger partial charge in [-0.05, 0) is 30.7 Å². The summed E-state index contributed by atoms with van der Waals surface area (Å²) in [7, 11) is 4.94. The molecule has 2 aliphatic heterocycles. The summed E-state index contributed by atoms with van der Waals surface area (Å²) < 4.78 is 23.6. The molecule has 16 heteroatoms. The number of carbonyl (C=O) groups excluding carboxylic acids is 1. The summed E-state index contributed by atoms with van der Waals surface area (Å²) in [5, 5.41) is 53.8. The molecule has 2 fully saturated rings. The van der Waals surface area contributed by atoms with Crippen LogP contribution < -0.4 is 15.0 Å². The fourth-order valence-corrected chi connectivity index (χ4v) is 5.15. The second-order valence-corrected chi connectivity index (χ2v) is 10.7. The Morgan fingerprint density at radius 3 is 2.49 bits per heavy atom. The Balaban J connectivity index is 1.25. The van der Waals surface area contributed by atoms with Gasteiger partial charge in [0.1, 0.15) is 37.0 Å². The van der Waals surface area contributed by atoms with E-state index in [1.165, 1.54) is 19.8 Å². The zero-order valence-corrected chi connectivity index (χ0v) is 25.0. The molecule has 7 unspecified atom stereocenters. The van der Waals surface area contributed by atoms with Gasteiger partial charge in [-0.25, -0.2) is 15.0 Å². The summed E-state index contributed by atoms with van der Waals surface area (Å²) in [4.78, 5) is 27.8. The largest absolute Gasteiger partial charge is 0.495 e. The fraction of sp³-hybridized carbons (Fsp3) is 0.448. The third-order valence-corrected chi connectivity index (χ3v) is 7.54. The number of imidazole rings is 1. The average Bonchev–Trinajstić information content (AvgIpc) is 3.68. The summed E-state index contributed by atoms with van der Waals surface area (Å²) >= 11 is 0. The van der Waals surface area contributed by atoms with Crippen molar-refractivity contribution in [3.8, 4) is 5.75 Å². The van der Waals surface area contributed by atoms with E-state index < -0.39 is 62.1 Å². The highest BCUT2D eigenvalue weighted by Gasteiger charge is 2.46. The van der Waals surface area contributed by atoms with Gasteiger partial charge in [-0.15, -0.1) is 0 Å². The number of aliphatic hydroxyl groups excluding tert-OH is 5. The molecule has 242 valence electrons. The number of hydrogen-bond donors (Lipinski definition) is 6. The van der Waals surface area contributed by atoms with Crippen LogP contribution in [-0.2, 0) is 19.0 Å². The van der Waals surface area contributed by atoms with Crippen LogP contribution in [0.25, 0.3) is 17.2 Å². The SMILES string of the molecule is CO/C(CO)=C1/OC(Oc2ccc(/C=C(\C)C(=O)NC3C(CO)OC(n4cnc5c(N(C)C)ncnc54)C3O)cc2)C(O)C1O. The Kier molecular flexibility index (Phi) is 9.52. The molecule has 5 rings (SSSR count). The molecular weight excluding hydrogens is 592 g/mol. The van der Waals surface area contributed by atoms with Crippen molar-refractivity contribution in [1.29, 1.82) is 0 Å². The molecule has 0 bridgehead atoms. The monoisotopic (exact) mass is 628 g/mol. The van der Waals surface area contributed by atoms with Gasteiger partial charge < -0.3 is 54.7 Å². The number of nitrogens with one attached hydrogen (secondary N) is 1. The number of anilines is 1. The molecule has 0 spiro atoms. The first-order chi connectivity index (χ1) is 21.6. The van der Waals surface area contributed by atoms with Gasteiger partial charge in [-0.2, -0.15) is 0 Å². The molecule has 16 nitrogen and oxygen atoms in total. The number of hydrogen-bond acceptors (Lipinski definition) is 14. The first-order valence-corrected chi connectivity index (χ1v) is 14.0. The molecule has 6 N–H and O–H groups in total. The van der Waals surface area contributed by atoms with Crippen molar-refractivity contribution in [3.63, 3.8) is 0 Å². The number of amides is 1. The summed E-state index contributed by atoms with van der Waals surface area (Å²) in [5.41, 5.74) is 1.90. The molecule has 2 saturated heterocycles. The molecular formula is C29H36N6O10. The van der Waals surface area contributed by atoms with Crippen molar-refractivity contribution < 1.29 is 49.3 Å². The lowest BCUT2D eigenvalue weighted by Crippen LogP contribution is -2.48. The van der Waals surface area contributed by atoms with Crippen LogP contribution in [0.2, 0.25) is 0 Å². The van der Waals surface area contributed by atoms with E-state index in [9.17, 15) is 30.3 Å². The van der Waals surface area contributed by atoms with Gasteiger partial charge in [0.05, 0.1) is 26.1 Å². The van der Waals surface area contributed by atoms with Crippen molar-refractivity contribution in [3.05, 3.63) is 59.6 Å². The minimum absolute atomic E-state index is 0.0252. The number of rotatable bonds is 10. The van der Waals surface area contributed by atoms with Crippen LogP contribution in [0.3, 0.4) is 0 Å². The van der Waals surface area contributed by atoms with Gasteiger partial charge in [0.2, 0.25) is 5.91 Å². The minimum Gasteiger partial charge on any atom is -0.495 e. The van der Waals surface area contributed by atoms with Crippen LogP contribution in [0.5, 0.6) is 5.75 Å². The van der Waals surface area contributed by atoms with Gasteiger partial charge in [0, 0.05) is 19.7 Å². The van der Waals surface area contributed by atoms with E-state index in [2.05, 4.69) is 20.3 Å². The molecule has 45 heavy (non-hydrogen) atoms. The molecule has 1 aromatic carbocycles. The molecule has 2 aromatic heterocycles. The van der Waals surface area contributed by atoms with Crippen LogP contribution in [0, 0.1) is 0 Å². The minimum atomic E-state index is -1.44. The molecule has 0 aliphatic carbocycles. The number of ether oxygens (including phenoxy) is 4. The lowest BCUT2D eigenvalue weighted by molar-refractivity contribution is -0.119. The predicted molar refractivity (Wildman–Crippen MR) is 157 cm³/mol. The number of fused-ring (bicyclic) bond motifs is 1. The highest BCUT2D eigenvalue weighted by Crippen LogP contribution is 2.33. The highest BCUT2D eigenvalue weighted by molar-refractivity contribution is 5.97. The Bertz CT molecular complexity index is 1570. The fourth-order valence-electron chi connectivity index (χ4n) is 5.15. The quantitative estimate of drug-likeness (QED) is 0.118. The maximum Gasteiger partial charge on any atom is 0.269 e. The first-order valence-electron chi connectivity index (χ1n) is 14.0. The Morgan fingerprint density at radius 1 is 1.11 bits per heavy atom. The maximum atomic E-state index is 13.1. The van der Waals surface area contributed by atoms with Gasteiger partial charge in [-0.1, -0.05) is 12.1 Å². The van der Waals surface area contributed by atoms with Crippen LogP contribution in [-0.4, -0.2) is 122 Å². The molecule has 0 radical (unpaired) electrons. The molecule has 4 heterocycles. The van der Waals surface area contributed by atoms with E-state index in [0.29, 0.717) is 33.9 Å². The summed E-state index contributed by atoms with van der Waals surface area (Å²) in [6.45, 7) is 0.621. The summed E-state index contributed by atoms with van der Waals surface area (Å²) in [5.74, 6) is 0.277. The molecule has 3 aromatic rings. The van der Waals surface area contributed by atoms with Crippen molar-refractivity contribution in [2.24, 2.45) is 0 Å². The zero-order valence-electron chi connectivity index (χ0n) is 25.0. The molecule has 7 atom stereocenters. The number of carbonyl (C=O) groups is 1. The summed E-state index contributed by atoms with van der Waals surface area (Å²) in [6, 6.07) is 5.58. The van der Waals surface area contributed by atoms with Crippen LogP contribution in [0.4, 0.5) is 5.82 Å². The first kappa shape index (κ1) is 32.1. The highest BCUT2D eigenvalue weighted by atomic mass is 16.7. The normalized spacial score (nSPS) is 27.8. The number of methoxy groups -OCH3 is 1. The van der Waals surface area contributed by atoms with Gasteiger partial charge >= 0.3 is 0 Å². The van der Waals surface area contributed by atoms with Crippen LogP contribution in [0.1, 0.15) is 18.7 Å². The lowest BCUT2D eigenvalue weighted by atomic mass is 10.1. The smallest absolute Gasteiger partial charge is 0.269 e. The van der Waals surface area contributed by atoms with Gasteiger partial charge in [0.25, 0.3) is 6.29 Å². The van der Waals surface area contributed by atoms with Gasteiger partial charge in [-0.3, -0.25) is 9.36 Å². The second kappa shape index (κ2) is 13.4. The van der Waals surface area contributed by atoms with Gasteiger partial charge in [0.15, 0.2) is 40.8 Å². The molecule has 0 saturated carbocycles. The third kappa shape index (κ3) is 6.28. The van der Waals surface area contributed by atoms with E-state index >= 15 is 0 Å². The Morgan fingerprint density at radius 2 is 1.84 bits per heavy atom. The van der Waals surface area contributed by atoms with Crippen molar-refractivity contribution >= 4 is 29.0 Å². The number of nitrogens with zero attached hydrogens (tertiary/aromatic N) is 5. The lowest BCUT2D eigenvalue weighted by Gasteiger charge is -2.21. The Labute approximate surface area is 257 Å². The van der Waals surface area contributed by atoms with Crippen molar-refractivity contribution in [2.75, 3.05) is 39.3 Å². The maximum absolute atomic E-state index is 13.1. The van der Waals surface area contributed by atoms with Crippen LogP contribution >= 0.6 is 0 Å². The Hall–Kier alpha value is -4.32.